The number of para-hydroxylation sites is 1. The van der Waals surface area contributed by atoms with E-state index in [-0.39, 0.29) is 28.7 Å². The van der Waals surface area contributed by atoms with Crippen molar-refractivity contribution in [1.82, 2.24) is 14.6 Å². The molecule has 1 amide bonds. The smallest absolute Gasteiger partial charge is 0.412 e. The largest absolute Gasteiger partial charge is 0.497 e. The molecule has 3 aromatic rings. The Bertz CT molecular complexity index is 1270. The molecule has 4 rings (SSSR count). The number of likely N-dealkylation sites (N-methyl/N-ethyl adjacent to an activating group) is 1. The zero-order valence-corrected chi connectivity index (χ0v) is 20.6. The van der Waals surface area contributed by atoms with Gasteiger partial charge >= 0.3 is 6.09 Å². The third-order valence-electron chi connectivity index (χ3n) is 6.15. The molecule has 0 radical (unpaired) electrons. The van der Waals surface area contributed by atoms with Crippen LogP contribution in [0, 0.1) is 0 Å². The summed E-state index contributed by atoms with van der Waals surface area (Å²) in [6.07, 6.45) is -1.26. The highest BCUT2D eigenvalue weighted by Crippen LogP contribution is 2.37. The molecule has 1 saturated heterocycles. The number of fused-ring (bicyclic) bond motifs is 1. The van der Waals surface area contributed by atoms with E-state index >= 15 is 0 Å². The minimum atomic E-state index is -1.26. The normalized spacial score (nSPS) is 15.1. The first-order valence-corrected chi connectivity index (χ1v) is 11.7. The number of halogens is 1. The predicted molar refractivity (Wildman–Crippen MR) is 135 cm³/mol. The summed E-state index contributed by atoms with van der Waals surface area (Å²) in [6.45, 7) is 2.66. The Labute approximate surface area is 207 Å². The van der Waals surface area contributed by atoms with E-state index in [0.29, 0.717) is 29.7 Å². The van der Waals surface area contributed by atoms with Gasteiger partial charge in [-0.25, -0.2) is 14.5 Å². The quantitative estimate of drug-likeness (QED) is 0.493. The van der Waals surface area contributed by atoms with Crippen molar-refractivity contribution in [2.75, 3.05) is 63.2 Å². The molecule has 186 valence electrons. The lowest BCUT2D eigenvalue weighted by atomic mass is 10.1. The van der Waals surface area contributed by atoms with E-state index in [4.69, 9.17) is 26.1 Å². The Morgan fingerprint density at radius 2 is 1.86 bits per heavy atom. The van der Waals surface area contributed by atoms with Gasteiger partial charge in [0, 0.05) is 32.2 Å². The Kier molecular flexibility index (Phi) is 7.32. The van der Waals surface area contributed by atoms with Crippen LogP contribution in [0.15, 0.2) is 47.3 Å². The number of nitrogens with zero attached hydrogens (tertiary/aromatic N) is 5. The van der Waals surface area contributed by atoms with E-state index in [1.54, 1.807) is 42.5 Å². The summed E-state index contributed by atoms with van der Waals surface area (Å²) < 4.78 is 12.2. The molecule has 1 unspecified atom stereocenters. The SMILES string of the molecule is COc1ccc(N(C(=O)O)C(CCl)c2nc3ccccc3c(=O)n2N2CCN(C)CC2)c(OC)c1. The van der Waals surface area contributed by atoms with E-state index < -0.39 is 12.1 Å². The molecule has 1 aromatic heterocycles. The zero-order chi connectivity index (χ0) is 25.1. The number of amides is 1. The number of ether oxygens (including phenoxy) is 2. The van der Waals surface area contributed by atoms with Crippen LogP contribution in [-0.4, -0.2) is 79.1 Å². The highest BCUT2D eigenvalue weighted by Gasteiger charge is 2.34. The van der Waals surface area contributed by atoms with Gasteiger partial charge < -0.3 is 24.5 Å². The highest BCUT2D eigenvalue weighted by atomic mass is 35.5. The van der Waals surface area contributed by atoms with Gasteiger partial charge in [0.1, 0.15) is 17.5 Å². The second-order valence-corrected chi connectivity index (χ2v) is 8.53. The second-order valence-electron chi connectivity index (χ2n) is 8.22. The number of carboxylic acid groups (broad SMARTS) is 1. The average molecular weight is 502 g/mol. The second kappa shape index (κ2) is 10.4. The monoisotopic (exact) mass is 501 g/mol. The van der Waals surface area contributed by atoms with Gasteiger partial charge in [-0.2, -0.15) is 0 Å². The van der Waals surface area contributed by atoms with E-state index in [1.165, 1.54) is 18.9 Å². The lowest BCUT2D eigenvalue weighted by Gasteiger charge is -2.38. The lowest BCUT2D eigenvalue weighted by Crippen LogP contribution is -2.55. The molecule has 10 nitrogen and oxygen atoms in total. The first-order valence-electron chi connectivity index (χ1n) is 11.1. The van der Waals surface area contributed by atoms with Crippen molar-refractivity contribution in [2.24, 2.45) is 0 Å². The molecule has 0 spiro atoms. The van der Waals surface area contributed by atoms with E-state index in [9.17, 15) is 14.7 Å². The molecule has 0 bridgehead atoms. The van der Waals surface area contributed by atoms with Crippen LogP contribution in [0.2, 0.25) is 0 Å². The van der Waals surface area contributed by atoms with Crippen LogP contribution in [0.5, 0.6) is 11.5 Å². The topological polar surface area (TPSA) is 100 Å². The number of aromatic nitrogens is 2. The van der Waals surface area contributed by atoms with Crippen LogP contribution in [0.3, 0.4) is 0 Å². The third-order valence-corrected chi connectivity index (χ3v) is 6.44. The third kappa shape index (κ3) is 4.71. The minimum Gasteiger partial charge on any atom is -0.497 e. The molecule has 0 saturated carbocycles. The number of rotatable bonds is 7. The summed E-state index contributed by atoms with van der Waals surface area (Å²) in [7, 11) is 4.98. The van der Waals surface area contributed by atoms with Gasteiger partial charge in [-0.1, -0.05) is 12.1 Å². The molecule has 1 aliphatic rings. The van der Waals surface area contributed by atoms with Crippen molar-refractivity contribution < 1.29 is 19.4 Å². The van der Waals surface area contributed by atoms with Gasteiger partial charge in [-0.3, -0.25) is 9.69 Å². The number of benzene rings is 2. The summed E-state index contributed by atoms with van der Waals surface area (Å²) in [5.41, 5.74) is 0.469. The summed E-state index contributed by atoms with van der Waals surface area (Å²) in [6, 6.07) is 10.9. The lowest BCUT2D eigenvalue weighted by molar-refractivity contribution is 0.198. The van der Waals surface area contributed by atoms with Crippen molar-refractivity contribution in [3.05, 3.63) is 58.6 Å². The maximum atomic E-state index is 13.7. The van der Waals surface area contributed by atoms with Crippen LogP contribution in [-0.2, 0) is 0 Å². The first-order chi connectivity index (χ1) is 16.9. The van der Waals surface area contributed by atoms with Crippen molar-refractivity contribution in [3.63, 3.8) is 0 Å². The van der Waals surface area contributed by atoms with Crippen molar-refractivity contribution in [1.29, 1.82) is 0 Å². The minimum absolute atomic E-state index is 0.139. The molecule has 35 heavy (non-hydrogen) atoms. The standard InChI is InChI=1S/C24H28ClN5O5/c1-27-10-12-28(13-11-27)30-22(26-18-7-5-4-6-17(18)23(30)31)20(15-25)29(24(32)33)19-9-8-16(34-2)14-21(19)35-3/h4-9,14,20H,10-13,15H2,1-3H3,(H,32,33). The fourth-order valence-corrected chi connectivity index (χ4v) is 4.54. The molecular formula is C24H28ClN5O5. The van der Waals surface area contributed by atoms with Crippen LogP contribution >= 0.6 is 11.6 Å². The van der Waals surface area contributed by atoms with Crippen molar-refractivity contribution >= 4 is 34.3 Å². The number of methoxy groups -OCH3 is 2. The summed E-state index contributed by atoms with van der Waals surface area (Å²) >= 11 is 6.43. The molecule has 2 heterocycles. The van der Waals surface area contributed by atoms with Crippen LogP contribution in [0.4, 0.5) is 10.5 Å². The maximum Gasteiger partial charge on any atom is 0.412 e. The van der Waals surface area contributed by atoms with Crippen LogP contribution < -0.4 is 24.9 Å². The van der Waals surface area contributed by atoms with Gasteiger partial charge in [-0.05, 0) is 31.3 Å². The van der Waals surface area contributed by atoms with Gasteiger partial charge in [0.25, 0.3) is 5.56 Å². The van der Waals surface area contributed by atoms with E-state index in [2.05, 4.69) is 4.90 Å². The predicted octanol–water partition coefficient (Wildman–Crippen LogP) is 2.76. The summed E-state index contributed by atoms with van der Waals surface area (Å²) in [5.74, 6) is 0.904. The summed E-state index contributed by atoms with van der Waals surface area (Å²) in [4.78, 5) is 34.4. The van der Waals surface area contributed by atoms with E-state index in [1.807, 2.05) is 12.1 Å². The Balaban J connectivity index is 1.93. The number of carbonyl (C=O) groups is 1. The molecule has 11 heteroatoms. The molecule has 1 fully saturated rings. The number of anilines is 1. The Morgan fingerprint density at radius 3 is 2.49 bits per heavy atom. The van der Waals surface area contributed by atoms with Crippen LogP contribution in [0.1, 0.15) is 11.9 Å². The summed E-state index contributed by atoms with van der Waals surface area (Å²) in [5, 5.41) is 12.7. The Morgan fingerprint density at radius 1 is 1.14 bits per heavy atom. The number of hydrogen-bond donors (Lipinski definition) is 1. The van der Waals surface area contributed by atoms with Gasteiger partial charge in [0.2, 0.25) is 0 Å². The number of alkyl halides is 1. The molecule has 2 aromatic carbocycles. The number of hydrogen-bond acceptors (Lipinski definition) is 7. The first kappa shape index (κ1) is 24.6. The molecular weight excluding hydrogens is 474 g/mol. The van der Waals surface area contributed by atoms with Crippen molar-refractivity contribution in [2.45, 2.75) is 6.04 Å². The molecule has 1 atom stereocenters. The fourth-order valence-electron chi connectivity index (χ4n) is 4.27. The maximum absolute atomic E-state index is 13.7. The van der Waals surface area contributed by atoms with Gasteiger partial charge in [0.15, 0.2) is 5.82 Å². The number of piperazine rings is 1. The molecule has 1 aliphatic heterocycles. The Hall–Kier alpha value is -3.50. The zero-order valence-electron chi connectivity index (χ0n) is 19.8. The fraction of sp³-hybridized carbons (Fsp3) is 0.375. The van der Waals surface area contributed by atoms with Crippen molar-refractivity contribution in [3.8, 4) is 11.5 Å². The van der Waals surface area contributed by atoms with Crippen LogP contribution in [0.25, 0.3) is 10.9 Å². The van der Waals surface area contributed by atoms with E-state index in [0.717, 1.165) is 18.0 Å². The van der Waals surface area contributed by atoms with Gasteiger partial charge in [0.05, 0.1) is 36.7 Å². The highest BCUT2D eigenvalue weighted by molar-refractivity contribution is 6.18. The average Bonchev–Trinajstić information content (AvgIpc) is 2.87. The molecule has 1 N–H and O–H groups in total. The van der Waals surface area contributed by atoms with Gasteiger partial charge in [-0.15, -0.1) is 11.6 Å². The molecule has 0 aliphatic carbocycles.